The maximum absolute atomic E-state index is 9.81. The van der Waals surface area contributed by atoms with Gasteiger partial charge in [0.1, 0.15) is 0 Å². The van der Waals surface area contributed by atoms with E-state index >= 15 is 0 Å². The van der Waals surface area contributed by atoms with Gasteiger partial charge < -0.3 is 0 Å². The molecule has 0 spiro atoms. The summed E-state index contributed by atoms with van der Waals surface area (Å²) in [5.41, 5.74) is 12.6. The van der Waals surface area contributed by atoms with Crippen molar-refractivity contribution in [2.45, 2.75) is 19.3 Å². The molecule has 0 fully saturated rings. The van der Waals surface area contributed by atoms with E-state index in [9.17, 15) is 5.26 Å². The van der Waals surface area contributed by atoms with Crippen LogP contribution in [-0.2, 0) is 5.41 Å². The molecule has 7 aromatic rings. The summed E-state index contributed by atoms with van der Waals surface area (Å²) in [5.74, 6) is 1.94. The lowest BCUT2D eigenvalue weighted by Gasteiger charge is -2.22. The van der Waals surface area contributed by atoms with Crippen molar-refractivity contribution in [1.29, 1.82) is 5.26 Å². The lowest BCUT2D eigenvalue weighted by atomic mass is 9.81. The third-order valence-electron chi connectivity index (χ3n) is 9.19. The monoisotopic (exact) mass is 602 g/mol. The minimum absolute atomic E-state index is 0.184. The van der Waals surface area contributed by atoms with Gasteiger partial charge in [-0.15, -0.1) is 0 Å². The smallest absolute Gasteiger partial charge is 0.164 e. The zero-order valence-electron chi connectivity index (χ0n) is 26.1. The van der Waals surface area contributed by atoms with Gasteiger partial charge in [-0.2, -0.15) is 5.26 Å². The molecule has 0 N–H and O–H groups in total. The number of benzene rings is 6. The van der Waals surface area contributed by atoms with Crippen molar-refractivity contribution >= 4 is 0 Å². The molecule has 1 aromatic heterocycles. The number of rotatable bonds is 5. The van der Waals surface area contributed by atoms with Gasteiger partial charge in [-0.05, 0) is 57.1 Å². The molecule has 0 amide bonds. The van der Waals surface area contributed by atoms with Crippen molar-refractivity contribution < 1.29 is 0 Å². The Labute approximate surface area is 274 Å². The van der Waals surface area contributed by atoms with E-state index in [1.165, 1.54) is 11.1 Å². The Hall–Kier alpha value is -6.18. The van der Waals surface area contributed by atoms with Gasteiger partial charge in [-0.3, -0.25) is 0 Å². The number of nitrogens with zero attached hydrogens (tertiary/aromatic N) is 4. The molecular weight excluding hydrogens is 573 g/mol. The standard InChI is InChI=1S/C43H30N4/c1-43(2)37-18-10-17-35(27-44)39(37)36-24-23-34(26-38(36)43)33-16-9-15-32(25-33)28-19-21-31(22-20-28)42-46-40(29-11-5-3-6-12-29)45-41(47-42)30-13-7-4-8-14-30/h3-26H,1-2H3. The van der Waals surface area contributed by atoms with Gasteiger partial charge >= 0.3 is 0 Å². The average molecular weight is 603 g/mol. The lowest BCUT2D eigenvalue weighted by Crippen LogP contribution is -2.15. The highest BCUT2D eigenvalue weighted by Crippen LogP contribution is 2.50. The van der Waals surface area contributed by atoms with Crippen molar-refractivity contribution in [1.82, 2.24) is 15.0 Å². The molecule has 4 nitrogen and oxygen atoms in total. The third kappa shape index (κ3) is 4.99. The van der Waals surface area contributed by atoms with E-state index < -0.39 is 0 Å². The first kappa shape index (κ1) is 28.3. The molecule has 0 atom stereocenters. The van der Waals surface area contributed by atoms with Gasteiger partial charge in [0, 0.05) is 27.7 Å². The van der Waals surface area contributed by atoms with Gasteiger partial charge in [0.2, 0.25) is 0 Å². The second kappa shape index (κ2) is 11.3. The first-order valence-electron chi connectivity index (χ1n) is 15.8. The predicted octanol–water partition coefficient (Wildman–Crippen LogP) is 10.4. The maximum Gasteiger partial charge on any atom is 0.164 e. The largest absolute Gasteiger partial charge is 0.208 e. The second-order valence-corrected chi connectivity index (χ2v) is 12.4. The fraction of sp³-hybridized carbons (Fsp3) is 0.0698. The third-order valence-corrected chi connectivity index (χ3v) is 9.19. The summed E-state index contributed by atoms with van der Waals surface area (Å²) in [5, 5.41) is 9.81. The Kier molecular flexibility index (Phi) is 6.82. The van der Waals surface area contributed by atoms with E-state index in [0.717, 1.165) is 55.6 Å². The molecule has 0 unspecified atom stereocenters. The predicted molar refractivity (Wildman–Crippen MR) is 189 cm³/mol. The molecule has 0 radical (unpaired) electrons. The van der Waals surface area contributed by atoms with Crippen molar-refractivity contribution in [3.8, 4) is 73.6 Å². The molecule has 0 saturated carbocycles. The molecule has 47 heavy (non-hydrogen) atoms. The van der Waals surface area contributed by atoms with Crippen LogP contribution in [-0.4, -0.2) is 15.0 Å². The highest BCUT2D eigenvalue weighted by molar-refractivity contribution is 5.87. The Bertz CT molecular complexity index is 2260. The van der Waals surface area contributed by atoms with E-state index in [2.05, 4.69) is 92.7 Å². The fourth-order valence-electron chi connectivity index (χ4n) is 6.69. The second-order valence-electron chi connectivity index (χ2n) is 12.4. The van der Waals surface area contributed by atoms with Crippen LogP contribution in [0, 0.1) is 11.3 Å². The molecule has 4 heteroatoms. The van der Waals surface area contributed by atoms with Crippen LogP contribution in [0.1, 0.15) is 30.5 Å². The van der Waals surface area contributed by atoms with Crippen LogP contribution in [0.3, 0.4) is 0 Å². The normalized spacial score (nSPS) is 12.6. The van der Waals surface area contributed by atoms with Crippen LogP contribution in [0.25, 0.3) is 67.5 Å². The topological polar surface area (TPSA) is 62.5 Å². The minimum atomic E-state index is -0.184. The SMILES string of the molecule is CC1(C)c2cc(-c3cccc(-c4ccc(-c5nc(-c6ccccc6)nc(-c6ccccc6)n5)cc4)c3)ccc2-c2c(C#N)cccc21. The average Bonchev–Trinajstić information content (AvgIpc) is 3.38. The number of hydrogen-bond acceptors (Lipinski definition) is 4. The van der Waals surface area contributed by atoms with Crippen molar-refractivity contribution in [2.75, 3.05) is 0 Å². The Morgan fingerprint density at radius 3 is 1.51 bits per heavy atom. The summed E-state index contributed by atoms with van der Waals surface area (Å²) < 4.78 is 0. The maximum atomic E-state index is 9.81. The quantitative estimate of drug-likeness (QED) is 0.197. The fourth-order valence-corrected chi connectivity index (χ4v) is 6.69. The van der Waals surface area contributed by atoms with Gasteiger partial charge in [-0.1, -0.05) is 141 Å². The molecule has 222 valence electrons. The van der Waals surface area contributed by atoms with Crippen LogP contribution in [0.5, 0.6) is 0 Å². The molecule has 0 saturated heterocycles. The van der Waals surface area contributed by atoms with Gasteiger partial charge in [0.25, 0.3) is 0 Å². The van der Waals surface area contributed by atoms with Gasteiger partial charge in [0.05, 0.1) is 11.6 Å². The first-order chi connectivity index (χ1) is 23.0. The lowest BCUT2D eigenvalue weighted by molar-refractivity contribution is 0.660. The van der Waals surface area contributed by atoms with E-state index in [4.69, 9.17) is 15.0 Å². The van der Waals surface area contributed by atoms with Crippen LogP contribution in [0.2, 0.25) is 0 Å². The molecule has 0 aliphatic heterocycles. The minimum Gasteiger partial charge on any atom is -0.208 e. The van der Waals surface area contributed by atoms with Crippen molar-refractivity contribution in [2.24, 2.45) is 0 Å². The van der Waals surface area contributed by atoms with Gasteiger partial charge in [0.15, 0.2) is 17.5 Å². The first-order valence-corrected chi connectivity index (χ1v) is 15.8. The molecule has 0 bridgehead atoms. The summed E-state index contributed by atoms with van der Waals surface area (Å²) in [7, 11) is 0. The summed E-state index contributed by atoms with van der Waals surface area (Å²) in [4.78, 5) is 14.6. The van der Waals surface area contributed by atoms with E-state index in [1.807, 2.05) is 72.8 Å². The summed E-state index contributed by atoms with van der Waals surface area (Å²) in [6, 6.07) is 52.3. The van der Waals surface area contributed by atoms with Crippen LogP contribution in [0.15, 0.2) is 146 Å². The zero-order valence-corrected chi connectivity index (χ0v) is 26.1. The van der Waals surface area contributed by atoms with Crippen molar-refractivity contribution in [3.05, 3.63) is 162 Å². The van der Waals surface area contributed by atoms with E-state index in [1.54, 1.807) is 0 Å². The highest BCUT2D eigenvalue weighted by atomic mass is 15.0. The Morgan fingerprint density at radius 2 is 0.915 bits per heavy atom. The molecular formula is C43H30N4. The molecule has 1 aliphatic rings. The van der Waals surface area contributed by atoms with Crippen LogP contribution >= 0.6 is 0 Å². The Morgan fingerprint density at radius 1 is 0.447 bits per heavy atom. The number of aromatic nitrogens is 3. The Balaban J connectivity index is 1.14. The summed E-state index contributed by atoms with van der Waals surface area (Å²) >= 11 is 0. The van der Waals surface area contributed by atoms with Crippen molar-refractivity contribution in [3.63, 3.8) is 0 Å². The molecule has 6 aromatic carbocycles. The summed E-state index contributed by atoms with van der Waals surface area (Å²) in [6.07, 6.45) is 0. The number of nitriles is 1. The molecule has 8 rings (SSSR count). The summed E-state index contributed by atoms with van der Waals surface area (Å²) in [6.45, 7) is 4.50. The van der Waals surface area contributed by atoms with E-state index in [-0.39, 0.29) is 5.41 Å². The van der Waals surface area contributed by atoms with Crippen LogP contribution in [0.4, 0.5) is 0 Å². The zero-order chi connectivity index (χ0) is 32.0. The number of fused-ring (bicyclic) bond motifs is 3. The number of hydrogen-bond donors (Lipinski definition) is 0. The van der Waals surface area contributed by atoms with E-state index in [0.29, 0.717) is 17.5 Å². The molecule has 1 heterocycles. The van der Waals surface area contributed by atoms with Gasteiger partial charge in [-0.25, -0.2) is 15.0 Å². The molecule has 1 aliphatic carbocycles. The highest BCUT2D eigenvalue weighted by Gasteiger charge is 2.37. The van der Waals surface area contributed by atoms with Crippen LogP contribution < -0.4 is 0 Å².